The summed E-state index contributed by atoms with van der Waals surface area (Å²) in [7, 11) is 0. The van der Waals surface area contributed by atoms with Crippen LogP contribution in [0.3, 0.4) is 0 Å². The molecule has 0 aromatic heterocycles. The number of hydrogen-bond acceptors (Lipinski definition) is 1. The highest BCUT2D eigenvalue weighted by Crippen LogP contribution is 2.14. The predicted molar refractivity (Wildman–Crippen MR) is 25.8 cm³/mol. The summed E-state index contributed by atoms with van der Waals surface area (Å²) >= 11 is 10.1. The van der Waals surface area contributed by atoms with E-state index < -0.39 is 4.33 Å². The van der Waals surface area contributed by atoms with Crippen LogP contribution in [0.4, 0.5) is 0 Å². The maximum Gasteiger partial charge on any atom is 0.237 e. The van der Waals surface area contributed by atoms with Crippen molar-refractivity contribution in [2.75, 3.05) is 0 Å². The Kier molecular flexibility index (Phi) is 1.88. The first-order valence-electron chi connectivity index (χ1n) is 1.33. The third kappa shape index (κ3) is 4.25. The highest BCUT2D eigenvalue weighted by atomic mass is 35.5. The Morgan fingerprint density at radius 3 is 1.83 bits per heavy atom. The molecular formula is C3H3Cl2O. The summed E-state index contributed by atoms with van der Waals surface area (Å²) < 4.78 is -1.32. The molecule has 1 nitrogen and oxygen atoms in total. The standard InChI is InChI=1S/C3H3Cl2O/c1-3(4,5)2-6/h1H3. The van der Waals surface area contributed by atoms with Crippen LogP contribution in [0.1, 0.15) is 6.92 Å². The molecule has 3 heteroatoms. The minimum atomic E-state index is -1.32. The fourth-order valence-electron chi connectivity index (χ4n) is 0. The van der Waals surface area contributed by atoms with Crippen molar-refractivity contribution in [1.29, 1.82) is 0 Å². The Morgan fingerprint density at radius 2 is 1.83 bits per heavy atom. The lowest BCUT2D eigenvalue weighted by molar-refractivity contribution is 0.551. The Balaban J connectivity index is 3.45. The molecule has 0 aliphatic heterocycles. The normalized spacial score (nSPS) is 11.2. The molecule has 0 aromatic carbocycles. The Labute approximate surface area is 46.2 Å². The van der Waals surface area contributed by atoms with E-state index in [1.807, 2.05) is 0 Å². The van der Waals surface area contributed by atoms with Crippen LogP contribution in [-0.2, 0) is 4.79 Å². The van der Waals surface area contributed by atoms with Gasteiger partial charge < -0.3 is 0 Å². The average Bonchev–Trinajstić information content (AvgIpc) is 1.35. The van der Waals surface area contributed by atoms with Crippen molar-refractivity contribution in [3.05, 3.63) is 0 Å². The molecule has 0 bridgehead atoms. The molecule has 1 radical (unpaired) electrons. The van der Waals surface area contributed by atoms with Crippen molar-refractivity contribution in [3.63, 3.8) is 0 Å². The minimum Gasteiger partial charge on any atom is -0.287 e. The molecule has 0 aliphatic carbocycles. The van der Waals surface area contributed by atoms with Gasteiger partial charge in [0.05, 0.1) is 0 Å². The van der Waals surface area contributed by atoms with Crippen molar-refractivity contribution in [2.45, 2.75) is 11.3 Å². The second kappa shape index (κ2) is 1.80. The van der Waals surface area contributed by atoms with Gasteiger partial charge in [0.25, 0.3) is 0 Å². The van der Waals surface area contributed by atoms with Gasteiger partial charge >= 0.3 is 0 Å². The molecular weight excluding hydrogens is 123 g/mol. The zero-order valence-electron chi connectivity index (χ0n) is 3.16. The summed E-state index contributed by atoms with van der Waals surface area (Å²) in [6.07, 6.45) is 1.39. The molecule has 0 unspecified atom stereocenters. The fraction of sp³-hybridized carbons (Fsp3) is 0.667. The number of hydrogen-bond donors (Lipinski definition) is 0. The van der Waals surface area contributed by atoms with Crippen LogP contribution in [0.2, 0.25) is 0 Å². The quantitative estimate of drug-likeness (QED) is 0.483. The maximum absolute atomic E-state index is 9.44. The summed E-state index contributed by atoms with van der Waals surface area (Å²) in [5, 5.41) is 0. The van der Waals surface area contributed by atoms with Crippen LogP contribution >= 0.6 is 23.2 Å². The first-order chi connectivity index (χ1) is 2.56. The lowest BCUT2D eigenvalue weighted by atomic mass is 10.5. The topological polar surface area (TPSA) is 17.1 Å². The molecule has 0 atom stereocenters. The van der Waals surface area contributed by atoms with Crippen molar-refractivity contribution in [3.8, 4) is 0 Å². The molecule has 0 amide bonds. The van der Waals surface area contributed by atoms with Crippen LogP contribution in [0.5, 0.6) is 0 Å². The van der Waals surface area contributed by atoms with Gasteiger partial charge in [0, 0.05) is 0 Å². The Bertz CT molecular complexity index is 54.3. The number of carbonyl (C=O) groups excluding carboxylic acids is 1. The first-order valence-corrected chi connectivity index (χ1v) is 2.09. The Hall–Kier alpha value is 0.250. The number of rotatable bonds is 1. The predicted octanol–water partition coefficient (Wildman–Crippen LogP) is 1.29. The minimum absolute atomic E-state index is 1.32. The SMILES string of the molecule is CC(Cl)(Cl)[C]=O. The van der Waals surface area contributed by atoms with E-state index in [9.17, 15) is 4.79 Å². The van der Waals surface area contributed by atoms with E-state index >= 15 is 0 Å². The molecule has 0 heterocycles. The van der Waals surface area contributed by atoms with Crippen molar-refractivity contribution in [2.24, 2.45) is 0 Å². The van der Waals surface area contributed by atoms with Gasteiger partial charge in [0.15, 0.2) is 4.33 Å². The molecule has 6 heavy (non-hydrogen) atoms. The maximum atomic E-state index is 9.44. The lowest BCUT2D eigenvalue weighted by Gasteiger charge is -1.95. The van der Waals surface area contributed by atoms with E-state index in [4.69, 9.17) is 23.2 Å². The van der Waals surface area contributed by atoms with Gasteiger partial charge in [-0.1, -0.05) is 23.2 Å². The molecule has 0 spiro atoms. The zero-order chi connectivity index (χ0) is 5.21. The second-order valence-electron chi connectivity index (χ2n) is 0.990. The molecule has 35 valence electrons. The van der Waals surface area contributed by atoms with E-state index in [2.05, 4.69) is 0 Å². The lowest BCUT2D eigenvalue weighted by Crippen LogP contribution is -2.05. The molecule has 0 fully saturated rings. The van der Waals surface area contributed by atoms with E-state index in [1.165, 1.54) is 13.2 Å². The second-order valence-corrected chi connectivity index (χ2v) is 2.70. The highest BCUT2D eigenvalue weighted by Gasteiger charge is 2.14. The highest BCUT2D eigenvalue weighted by molar-refractivity contribution is 6.55. The molecule has 0 saturated heterocycles. The van der Waals surface area contributed by atoms with Gasteiger partial charge in [-0.2, -0.15) is 0 Å². The summed E-state index contributed by atoms with van der Waals surface area (Å²) in [4.78, 5) is 9.44. The van der Waals surface area contributed by atoms with E-state index in [1.54, 1.807) is 0 Å². The average molecular weight is 126 g/mol. The third-order valence-electron chi connectivity index (χ3n) is 0.179. The number of alkyl halides is 2. The van der Waals surface area contributed by atoms with Crippen molar-refractivity contribution in [1.82, 2.24) is 0 Å². The summed E-state index contributed by atoms with van der Waals surface area (Å²) in [6, 6.07) is 0. The van der Waals surface area contributed by atoms with Crippen LogP contribution in [0.25, 0.3) is 0 Å². The zero-order valence-corrected chi connectivity index (χ0v) is 4.68. The van der Waals surface area contributed by atoms with Gasteiger partial charge in [-0.05, 0) is 6.92 Å². The van der Waals surface area contributed by atoms with Gasteiger partial charge in [-0.3, -0.25) is 4.79 Å². The van der Waals surface area contributed by atoms with Crippen LogP contribution in [-0.4, -0.2) is 10.6 Å². The number of halogens is 2. The van der Waals surface area contributed by atoms with Crippen LogP contribution in [0.15, 0.2) is 0 Å². The van der Waals surface area contributed by atoms with Crippen molar-refractivity contribution < 1.29 is 4.79 Å². The monoisotopic (exact) mass is 125 g/mol. The third-order valence-corrected chi connectivity index (χ3v) is 0.334. The summed E-state index contributed by atoms with van der Waals surface area (Å²) in [5.41, 5.74) is 0. The Morgan fingerprint density at radius 1 is 1.67 bits per heavy atom. The van der Waals surface area contributed by atoms with Gasteiger partial charge in [-0.15, -0.1) is 0 Å². The summed E-state index contributed by atoms with van der Waals surface area (Å²) in [6.45, 7) is 1.35. The molecule has 0 N–H and O–H groups in total. The summed E-state index contributed by atoms with van der Waals surface area (Å²) in [5.74, 6) is 0. The fourth-order valence-corrected chi connectivity index (χ4v) is 0. The van der Waals surface area contributed by atoms with Crippen LogP contribution < -0.4 is 0 Å². The molecule has 0 rings (SSSR count). The van der Waals surface area contributed by atoms with E-state index in [0.717, 1.165) is 0 Å². The smallest absolute Gasteiger partial charge is 0.237 e. The van der Waals surface area contributed by atoms with Crippen LogP contribution in [0, 0.1) is 0 Å². The molecule has 0 aliphatic rings. The van der Waals surface area contributed by atoms with E-state index in [0.29, 0.717) is 0 Å². The largest absolute Gasteiger partial charge is 0.287 e. The molecule has 0 saturated carbocycles. The van der Waals surface area contributed by atoms with Crippen molar-refractivity contribution >= 4 is 29.5 Å². The molecule has 0 aromatic rings. The van der Waals surface area contributed by atoms with Gasteiger partial charge in [0.1, 0.15) is 0 Å². The first kappa shape index (κ1) is 6.25. The van der Waals surface area contributed by atoms with Gasteiger partial charge in [-0.25, -0.2) is 0 Å². The van der Waals surface area contributed by atoms with E-state index in [-0.39, 0.29) is 0 Å². The van der Waals surface area contributed by atoms with Gasteiger partial charge in [0.2, 0.25) is 6.29 Å².